The Hall–Kier alpha value is -7.47. The summed E-state index contributed by atoms with van der Waals surface area (Å²) in [5, 5.41) is 10.5. The van der Waals surface area contributed by atoms with Crippen LogP contribution in [0.4, 0.5) is 8.78 Å². The van der Waals surface area contributed by atoms with Crippen molar-refractivity contribution in [3.05, 3.63) is 105 Å². The Bertz CT molecular complexity index is 3720. The summed E-state index contributed by atoms with van der Waals surface area (Å²) in [6, 6.07) is 9.94. The second-order valence-corrected chi connectivity index (χ2v) is 29.2. The van der Waals surface area contributed by atoms with Crippen molar-refractivity contribution in [3.63, 3.8) is 0 Å². The number of imide groups is 1. The van der Waals surface area contributed by atoms with Gasteiger partial charge in [0.1, 0.15) is 30.2 Å². The molecule has 6 atom stereocenters. The number of benzene rings is 3. The van der Waals surface area contributed by atoms with Crippen LogP contribution in [0.1, 0.15) is 139 Å². The number of halogens is 2. The Balaban J connectivity index is 0.879. The van der Waals surface area contributed by atoms with Crippen LogP contribution >= 0.6 is 18.9 Å². The van der Waals surface area contributed by atoms with Crippen LogP contribution in [0.25, 0.3) is 10.1 Å². The van der Waals surface area contributed by atoms with Gasteiger partial charge < -0.3 is 46.2 Å². The summed E-state index contributed by atoms with van der Waals surface area (Å²) < 4.78 is 68.3. The van der Waals surface area contributed by atoms with Crippen molar-refractivity contribution < 1.29 is 74.7 Å². The first-order valence-corrected chi connectivity index (χ1v) is 33.7. The van der Waals surface area contributed by atoms with E-state index in [-0.39, 0.29) is 108 Å². The van der Waals surface area contributed by atoms with E-state index in [4.69, 9.17) is 5.73 Å². The maximum absolute atomic E-state index is 14.8. The van der Waals surface area contributed by atoms with Crippen LogP contribution < -0.4 is 27.0 Å². The van der Waals surface area contributed by atoms with Gasteiger partial charge in [0.15, 0.2) is 0 Å². The van der Waals surface area contributed by atoms with E-state index >= 15 is 0 Å². The van der Waals surface area contributed by atoms with E-state index in [1.165, 1.54) is 15.9 Å². The molecule has 6 heterocycles. The summed E-state index contributed by atoms with van der Waals surface area (Å²) in [4.78, 5) is 146. The summed E-state index contributed by atoms with van der Waals surface area (Å²) in [6.07, 6.45) is 3.58. The van der Waals surface area contributed by atoms with E-state index in [0.29, 0.717) is 43.5 Å². The van der Waals surface area contributed by atoms with Gasteiger partial charge in [0, 0.05) is 85.8 Å². The quantitative estimate of drug-likeness (QED) is 0.0423. The summed E-state index contributed by atoms with van der Waals surface area (Å²) >= 11 is 0.811. The van der Waals surface area contributed by atoms with Gasteiger partial charge in [-0.1, -0.05) is 69.0 Å². The second-order valence-electron chi connectivity index (χ2n) is 24.5. The van der Waals surface area contributed by atoms with Gasteiger partial charge in [0.2, 0.25) is 51.4 Å². The number of alkyl halides is 2. The maximum Gasteiger partial charge on any atom is 0.399 e. The summed E-state index contributed by atoms with van der Waals surface area (Å²) in [7, 11) is -9.92. The Morgan fingerprint density at radius 2 is 1.60 bits per heavy atom. The fourth-order valence-corrected chi connectivity index (χ4v) is 14.5. The molecule has 9 rings (SSSR count). The van der Waals surface area contributed by atoms with Crippen LogP contribution in [0.15, 0.2) is 66.7 Å². The number of primary amides is 1. The van der Waals surface area contributed by atoms with Crippen LogP contribution in [0.3, 0.4) is 0 Å². The number of hydrogen-bond acceptors (Lipinski definition) is 13. The highest BCUT2D eigenvalue weighted by atomic mass is 32.2. The first kappa shape index (κ1) is 66.0. The Morgan fingerprint density at radius 1 is 0.888 bits per heavy atom. The van der Waals surface area contributed by atoms with Crippen LogP contribution in [0.5, 0.6) is 0 Å². The predicted octanol–water partition coefficient (Wildman–Crippen LogP) is 3.86. The van der Waals surface area contributed by atoms with E-state index < -0.39 is 107 Å². The minimum Gasteiger partial charge on any atom is -0.370 e. The number of rotatable bonds is 18. The summed E-state index contributed by atoms with van der Waals surface area (Å²) in [6.45, 7) is 6.43. The predicted molar refractivity (Wildman–Crippen MR) is 323 cm³/mol. The van der Waals surface area contributed by atoms with E-state index in [1.54, 1.807) is 17.0 Å². The number of thiophene rings is 1. The Labute approximate surface area is 517 Å². The number of carbonyl (C=O) groups is 9. The van der Waals surface area contributed by atoms with Gasteiger partial charge in [-0.3, -0.25) is 53.0 Å². The molecule has 4 fully saturated rings. The fraction of sp³-hybridized carbons (Fsp3) is 0.492. The lowest BCUT2D eigenvalue weighted by Crippen LogP contribution is -2.62. The van der Waals surface area contributed by atoms with Gasteiger partial charge in [-0.25, -0.2) is 8.42 Å². The highest BCUT2D eigenvalue weighted by Gasteiger charge is 2.51. The number of sulfonamides is 1. The van der Waals surface area contributed by atoms with Crippen molar-refractivity contribution in [2.75, 3.05) is 32.4 Å². The molecular weight excluding hydrogens is 1220 g/mol. The first-order valence-electron chi connectivity index (χ1n) is 29.5. The van der Waals surface area contributed by atoms with Crippen molar-refractivity contribution in [2.24, 2.45) is 11.7 Å². The lowest BCUT2D eigenvalue weighted by Gasteiger charge is -2.38. The topological polar surface area (TPSA) is 332 Å². The largest absolute Gasteiger partial charge is 0.399 e. The van der Waals surface area contributed by atoms with E-state index in [0.717, 1.165) is 63.2 Å². The molecule has 0 saturated carbocycles. The molecule has 89 heavy (non-hydrogen) atoms. The molecule has 3 aromatic carbocycles. The molecule has 3 unspecified atom stereocenters. The molecule has 0 aliphatic carbocycles. The number of fused-ring (bicyclic) bond motifs is 3. The van der Waals surface area contributed by atoms with Gasteiger partial charge in [-0.05, 0) is 115 Å². The molecule has 0 spiro atoms. The fourth-order valence-electron chi connectivity index (χ4n) is 12.2. The van der Waals surface area contributed by atoms with Gasteiger partial charge in [-0.15, -0.1) is 11.3 Å². The Morgan fingerprint density at radius 3 is 2.26 bits per heavy atom. The van der Waals surface area contributed by atoms with Crippen molar-refractivity contribution in [2.45, 2.75) is 152 Å². The van der Waals surface area contributed by atoms with E-state index in [9.17, 15) is 74.7 Å². The summed E-state index contributed by atoms with van der Waals surface area (Å²) in [5.74, 6) is 0.979. The molecule has 4 aromatic rings. The van der Waals surface area contributed by atoms with Gasteiger partial charge in [-0.2, -0.15) is 13.1 Å². The molecule has 5 aliphatic heterocycles. The number of nitrogens with zero attached hydrogens (tertiary/aromatic N) is 4. The smallest absolute Gasteiger partial charge is 0.370 e. The number of nitrogens with two attached hydrogens (primary N) is 1. The average Bonchev–Trinajstić information content (AvgIpc) is 1.93. The monoisotopic (exact) mass is 1290 g/mol. The second kappa shape index (κ2) is 26.5. The van der Waals surface area contributed by atoms with Crippen LogP contribution in [0.2, 0.25) is 0 Å². The number of carbonyl (C=O) groups excluding carboxylic acids is 9. The van der Waals surface area contributed by atoms with Gasteiger partial charge >= 0.3 is 13.3 Å². The van der Waals surface area contributed by atoms with Gasteiger partial charge in [0.05, 0.1) is 11.1 Å². The third-order valence-electron chi connectivity index (χ3n) is 17.3. The number of nitrogens with one attached hydrogen (secondary N) is 4. The van der Waals surface area contributed by atoms with Crippen molar-refractivity contribution in [1.29, 1.82) is 0 Å². The van der Waals surface area contributed by atoms with Crippen LogP contribution in [0, 0.1) is 17.8 Å². The molecule has 1 aromatic heterocycles. The molecule has 5 aliphatic rings. The molecule has 8 N–H and O–H groups in total. The third kappa shape index (κ3) is 15.1. The number of hydrogen-bond donors (Lipinski definition) is 7. The number of amides is 9. The van der Waals surface area contributed by atoms with E-state index in [1.807, 2.05) is 30.3 Å². The number of piperidine rings is 2. The summed E-state index contributed by atoms with van der Waals surface area (Å²) in [5.41, 5.74) is 3.49. The molecule has 23 nitrogen and oxygen atoms in total. The zero-order valence-electron chi connectivity index (χ0n) is 49.6. The molecule has 476 valence electrons. The lowest BCUT2D eigenvalue weighted by atomic mass is 9.86. The standard InChI is InChI=1S/C61H72F2N9O14PS2/c1-60(2,3)39-14-12-36(13-15-39)30-45(58(80)69-27-24-35(25-28-69)8-5-6-9-37-10-7-11-42-43(37)33-71(57(42)79)47-20-23-52(74)68-54(47)76)66-53(75)44(18-22-51(64)73)65-55(77)48-19-17-41-26-29-70(89(4,85)86)34-46(59(81)72(41)48)67-56(78)50-32-38-31-40(16-21-49(38)88-50)61(62,63)87(82,83)84/h7,10-16,21,31-32,35,41,44-48H,5,8,17-20,22-30,33-34H2,1-4H3,(H2,64,73)(H,65,77)(H,66,75)(H,67,78)(H,68,74,76)(H2,82,83,84)/t41-,44?,45?,46+,47?,48+/m1/s1. The first-order chi connectivity index (χ1) is 41.9. The normalized spacial score (nSPS) is 21.2. The van der Waals surface area contributed by atoms with Crippen LogP contribution in [-0.2, 0) is 72.2 Å². The van der Waals surface area contributed by atoms with Crippen molar-refractivity contribution >= 4 is 92.2 Å². The molecule has 9 amide bonds. The minimum absolute atomic E-state index is 0.0266. The van der Waals surface area contributed by atoms with E-state index in [2.05, 4.69) is 53.9 Å². The average molecular weight is 1290 g/mol. The minimum atomic E-state index is -5.93. The zero-order valence-corrected chi connectivity index (χ0v) is 52.1. The van der Waals surface area contributed by atoms with Gasteiger partial charge in [0.25, 0.3) is 11.8 Å². The molecule has 0 radical (unpaired) electrons. The number of likely N-dealkylation sites (tertiary alicyclic amines) is 1. The maximum atomic E-state index is 14.8. The lowest BCUT2D eigenvalue weighted by molar-refractivity contribution is -0.144. The molecule has 28 heteroatoms. The molecule has 0 bridgehead atoms. The van der Waals surface area contributed by atoms with Crippen molar-refractivity contribution in [3.8, 4) is 11.8 Å². The van der Waals surface area contributed by atoms with Crippen molar-refractivity contribution in [1.82, 2.24) is 40.3 Å². The van der Waals surface area contributed by atoms with Crippen LogP contribution in [-0.4, -0.2) is 159 Å². The molecular formula is C61H72F2N9O14PS2. The third-order valence-corrected chi connectivity index (χ3v) is 20.7. The highest BCUT2D eigenvalue weighted by molar-refractivity contribution is 7.88. The molecule has 4 saturated heterocycles. The zero-order chi connectivity index (χ0) is 64.5. The Kier molecular flexibility index (Phi) is 19.7. The highest BCUT2D eigenvalue weighted by Crippen LogP contribution is 2.59. The SMILES string of the molecule is CC(C)(C)c1ccc(CC(NC(=O)C(CCC(N)=O)NC(=O)[C@@H]2CC[C@@H]3CCN(S(C)(=O)=O)C[C@H](NC(=O)c4cc5cc(C(F)(F)P(=O)(O)O)ccc5s4)C(=O)N32)C(=O)N2CCC(CCC#Cc3cccc4c3CN(C3CCC(=O)NC3=O)C4=O)CC2)cc1.